The summed E-state index contributed by atoms with van der Waals surface area (Å²) >= 11 is 5.72. The molecule has 0 aliphatic carbocycles. The van der Waals surface area contributed by atoms with Crippen LogP contribution in [0.4, 0.5) is 4.39 Å². The van der Waals surface area contributed by atoms with Crippen LogP contribution in [0.3, 0.4) is 0 Å². The predicted octanol–water partition coefficient (Wildman–Crippen LogP) is 2.47. The maximum atomic E-state index is 13.6. The van der Waals surface area contributed by atoms with Gasteiger partial charge >= 0.3 is 0 Å². The molecule has 1 aliphatic rings. The molecular weight excluding hydrogens is 189 g/mol. The number of rotatable bonds is 1. The third-order valence-electron chi connectivity index (χ3n) is 2.54. The lowest BCUT2D eigenvalue weighted by Gasteiger charge is -2.29. The molecule has 70 valence electrons. The smallest absolute Gasteiger partial charge is 0.145 e. The third kappa shape index (κ3) is 1.45. The van der Waals surface area contributed by atoms with Crippen LogP contribution < -0.4 is 5.32 Å². The normalized spacial score (nSPS) is 17.2. The van der Waals surface area contributed by atoms with Gasteiger partial charge in [0.15, 0.2) is 0 Å². The molecule has 1 heterocycles. The van der Waals surface area contributed by atoms with Crippen LogP contribution >= 0.6 is 11.6 Å². The number of aryl methyl sites for hydroxylation is 1. The Kier molecular flexibility index (Phi) is 2.26. The fourth-order valence-corrected chi connectivity index (χ4v) is 1.82. The molecule has 13 heavy (non-hydrogen) atoms. The molecule has 0 aromatic heterocycles. The number of hydrogen-bond donors (Lipinski definition) is 1. The van der Waals surface area contributed by atoms with Crippen molar-refractivity contribution in [3.8, 4) is 0 Å². The lowest BCUT2D eigenvalue weighted by atomic mass is 9.90. The number of hydrogen-bond acceptors (Lipinski definition) is 1. The topological polar surface area (TPSA) is 12.0 Å². The van der Waals surface area contributed by atoms with Crippen LogP contribution in [0.2, 0.25) is 5.02 Å². The number of benzene rings is 1. The Morgan fingerprint density at radius 3 is 2.69 bits per heavy atom. The maximum Gasteiger partial charge on any atom is 0.145 e. The van der Waals surface area contributed by atoms with Gasteiger partial charge in [0.1, 0.15) is 5.82 Å². The zero-order chi connectivity index (χ0) is 9.42. The van der Waals surface area contributed by atoms with E-state index in [2.05, 4.69) is 5.32 Å². The van der Waals surface area contributed by atoms with E-state index in [4.69, 9.17) is 11.6 Å². The Hall–Kier alpha value is -0.600. The Bertz CT molecular complexity index is 334. The first-order valence-corrected chi connectivity index (χ1v) is 4.73. The average Bonchev–Trinajstić information content (AvgIpc) is 2.02. The monoisotopic (exact) mass is 199 g/mol. The van der Waals surface area contributed by atoms with Gasteiger partial charge in [0.05, 0.1) is 5.02 Å². The first kappa shape index (κ1) is 8.97. The molecule has 0 radical (unpaired) electrons. The summed E-state index contributed by atoms with van der Waals surface area (Å²) < 4.78 is 13.6. The largest absolute Gasteiger partial charge is 0.315 e. The van der Waals surface area contributed by atoms with Gasteiger partial charge in [0, 0.05) is 19.0 Å². The van der Waals surface area contributed by atoms with Crippen LogP contribution in [-0.2, 0) is 0 Å². The summed E-state index contributed by atoms with van der Waals surface area (Å²) in [6.45, 7) is 3.64. The highest BCUT2D eigenvalue weighted by molar-refractivity contribution is 6.30. The van der Waals surface area contributed by atoms with Gasteiger partial charge in [-0.25, -0.2) is 4.39 Å². The molecule has 1 aromatic rings. The lowest BCUT2D eigenvalue weighted by molar-refractivity contribution is 0.429. The van der Waals surface area contributed by atoms with E-state index in [0.717, 1.165) is 24.2 Å². The fraction of sp³-hybridized carbons (Fsp3) is 0.400. The summed E-state index contributed by atoms with van der Waals surface area (Å²) in [5.41, 5.74) is 1.78. The molecular formula is C10H11ClFN. The highest BCUT2D eigenvalue weighted by atomic mass is 35.5. The quantitative estimate of drug-likeness (QED) is 0.733. The predicted molar refractivity (Wildman–Crippen MR) is 51.8 cm³/mol. The molecule has 0 spiro atoms. The molecule has 0 atom stereocenters. The van der Waals surface area contributed by atoms with E-state index in [0.29, 0.717) is 5.92 Å². The van der Waals surface area contributed by atoms with Crippen molar-refractivity contribution in [3.63, 3.8) is 0 Å². The van der Waals surface area contributed by atoms with Crippen LogP contribution in [0, 0.1) is 12.7 Å². The van der Waals surface area contributed by atoms with Crippen molar-refractivity contribution < 1.29 is 4.39 Å². The van der Waals surface area contributed by atoms with E-state index in [9.17, 15) is 4.39 Å². The van der Waals surface area contributed by atoms with Gasteiger partial charge < -0.3 is 5.32 Å². The van der Waals surface area contributed by atoms with Gasteiger partial charge in [-0.3, -0.25) is 0 Å². The second-order valence-corrected chi connectivity index (χ2v) is 3.85. The summed E-state index contributed by atoms with van der Waals surface area (Å²) in [5.74, 6) is 0.0619. The van der Waals surface area contributed by atoms with E-state index in [1.807, 2.05) is 13.0 Å². The van der Waals surface area contributed by atoms with Crippen molar-refractivity contribution in [2.75, 3.05) is 13.1 Å². The van der Waals surface area contributed by atoms with Crippen LogP contribution in [0.1, 0.15) is 17.0 Å². The Morgan fingerprint density at radius 2 is 2.15 bits per heavy atom. The van der Waals surface area contributed by atoms with Crippen LogP contribution in [0.25, 0.3) is 0 Å². The second-order valence-electron chi connectivity index (χ2n) is 3.45. The minimum absolute atomic E-state index is 0.229. The van der Waals surface area contributed by atoms with E-state index in [1.54, 1.807) is 6.07 Å². The summed E-state index contributed by atoms with van der Waals surface area (Å²) in [6, 6.07) is 3.49. The molecule has 0 saturated carbocycles. The minimum atomic E-state index is -0.242. The second kappa shape index (κ2) is 3.28. The van der Waals surface area contributed by atoms with Crippen molar-refractivity contribution >= 4 is 11.6 Å². The molecule has 1 nitrogen and oxygen atoms in total. The molecule has 1 saturated heterocycles. The van der Waals surface area contributed by atoms with Crippen LogP contribution in [0.15, 0.2) is 12.1 Å². The van der Waals surface area contributed by atoms with E-state index in [1.165, 1.54) is 0 Å². The van der Waals surface area contributed by atoms with Gasteiger partial charge in [-0.1, -0.05) is 17.7 Å². The first-order chi connectivity index (χ1) is 6.20. The SMILES string of the molecule is Cc1ccc(Cl)c(F)c1C1CNC1. The molecule has 1 aliphatic heterocycles. The minimum Gasteiger partial charge on any atom is -0.315 e. The van der Waals surface area contributed by atoms with Gasteiger partial charge in [0.25, 0.3) is 0 Å². The van der Waals surface area contributed by atoms with E-state index in [-0.39, 0.29) is 10.8 Å². The van der Waals surface area contributed by atoms with Gasteiger partial charge in [-0.2, -0.15) is 0 Å². The maximum absolute atomic E-state index is 13.6. The molecule has 0 unspecified atom stereocenters. The van der Waals surface area contributed by atoms with Crippen LogP contribution in [0.5, 0.6) is 0 Å². The Labute approximate surface area is 81.9 Å². The van der Waals surface area contributed by atoms with Crippen molar-refractivity contribution in [1.29, 1.82) is 0 Å². The van der Waals surface area contributed by atoms with Gasteiger partial charge in [0.2, 0.25) is 0 Å². The van der Waals surface area contributed by atoms with Crippen molar-refractivity contribution in [3.05, 3.63) is 34.1 Å². The zero-order valence-electron chi connectivity index (χ0n) is 7.40. The van der Waals surface area contributed by atoms with Gasteiger partial charge in [-0.15, -0.1) is 0 Å². The Balaban J connectivity index is 2.46. The van der Waals surface area contributed by atoms with Crippen molar-refractivity contribution in [1.82, 2.24) is 5.32 Å². The fourth-order valence-electron chi connectivity index (χ4n) is 1.66. The van der Waals surface area contributed by atoms with Crippen molar-refractivity contribution in [2.45, 2.75) is 12.8 Å². The van der Waals surface area contributed by atoms with E-state index >= 15 is 0 Å². The number of nitrogens with one attached hydrogen (secondary N) is 1. The van der Waals surface area contributed by atoms with Gasteiger partial charge in [-0.05, 0) is 24.1 Å². The zero-order valence-corrected chi connectivity index (χ0v) is 8.16. The first-order valence-electron chi connectivity index (χ1n) is 4.35. The van der Waals surface area contributed by atoms with E-state index < -0.39 is 0 Å². The van der Waals surface area contributed by atoms with Crippen LogP contribution in [-0.4, -0.2) is 13.1 Å². The van der Waals surface area contributed by atoms with Crippen molar-refractivity contribution in [2.24, 2.45) is 0 Å². The average molecular weight is 200 g/mol. The Morgan fingerprint density at radius 1 is 1.46 bits per heavy atom. The molecule has 2 rings (SSSR count). The summed E-state index contributed by atoms with van der Waals surface area (Å²) in [5, 5.41) is 3.35. The molecule has 1 fully saturated rings. The molecule has 0 amide bonds. The summed E-state index contributed by atoms with van der Waals surface area (Å²) in [7, 11) is 0. The third-order valence-corrected chi connectivity index (χ3v) is 2.83. The summed E-state index contributed by atoms with van der Waals surface area (Å²) in [4.78, 5) is 0. The number of halogens is 2. The highest BCUT2D eigenvalue weighted by Crippen LogP contribution is 2.29. The molecule has 1 N–H and O–H groups in total. The highest BCUT2D eigenvalue weighted by Gasteiger charge is 2.24. The standard InChI is InChI=1S/C10H11ClFN/c1-6-2-3-8(11)10(12)9(6)7-4-13-5-7/h2-3,7,13H,4-5H2,1H3. The molecule has 1 aromatic carbocycles. The molecule has 3 heteroatoms. The molecule has 0 bridgehead atoms. The summed E-state index contributed by atoms with van der Waals surface area (Å²) in [6.07, 6.45) is 0. The lowest BCUT2D eigenvalue weighted by Crippen LogP contribution is -2.40.